The third-order valence-electron chi connectivity index (χ3n) is 5.02. The molecule has 0 spiro atoms. The second-order valence-electron chi connectivity index (χ2n) is 6.93. The van der Waals surface area contributed by atoms with Crippen molar-refractivity contribution in [2.75, 3.05) is 7.11 Å². The third-order valence-corrected chi connectivity index (χ3v) is 5.02. The Morgan fingerprint density at radius 3 is 2.62 bits per heavy atom. The maximum atomic E-state index is 6.06. The average molecular weight is 389 g/mol. The van der Waals surface area contributed by atoms with E-state index in [0.29, 0.717) is 30.6 Å². The van der Waals surface area contributed by atoms with Crippen LogP contribution >= 0.6 is 0 Å². The molecule has 0 saturated heterocycles. The van der Waals surface area contributed by atoms with Crippen molar-refractivity contribution in [1.29, 1.82) is 0 Å². The zero-order valence-electron chi connectivity index (χ0n) is 16.1. The molecule has 0 fully saturated rings. The van der Waals surface area contributed by atoms with E-state index in [1.165, 1.54) is 5.56 Å². The molecular formula is C21H19N5O3. The van der Waals surface area contributed by atoms with Crippen molar-refractivity contribution in [3.05, 3.63) is 65.4 Å². The first kappa shape index (κ1) is 17.6. The predicted molar refractivity (Wildman–Crippen MR) is 104 cm³/mol. The number of fused-ring (bicyclic) bond motifs is 1. The highest BCUT2D eigenvalue weighted by atomic mass is 16.5. The molecule has 0 unspecified atom stereocenters. The summed E-state index contributed by atoms with van der Waals surface area (Å²) in [5, 5.41) is 12.6. The van der Waals surface area contributed by atoms with Gasteiger partial charge in [0.2, 0.25) is 5.82 Å². The number of hydrogen-bond acceptors (Lipinski definition) is 7. The summed E-state index contributed by atoms with van der Waals surface area (Å²) >= 11 is 0. The normalized spacial score (nSPS) is 15.9. The fourth-order valence-corrected chi connectivity index (χ4v) is 3.34. The Morgan fingerprint density at radius 1 is 1.07 bits per heavy atom. The van der Waals surface area contributed by atoms with E-state index < -0.39 is 0 Å². The van der Waals surface area contributed by atoms with Gasteiger partial charge in [-0.1, -0.05) is 40.2 Å². The monoisotopic (exact) mass is 389 g/mol. The van der Waals surface area contributed by atoms with Gasteiger partial charge in [0, 0.05) is 5.56 Å². The van der Waals surface area contributed by atoms with E-state index in [1.54, 1.807) is 7.11 Å². The Bertz CT molecular complexity index is 1130. The lowest BCUT2D eigenvalue weighted by Gasteiger charge is -2.24. The van der Waals surface area contributed by atoms with E-state index in [2.05, 4.69) is 20.5 Å². The van der Waals surface area contributed by atoms with E-state index in [1.807, 2.05) is 60.1 Å². The summed E-state index contributed by atoms with van der Waals surface area (Å²) in [6.45, 7) is 2.97. The lowest BCUT2D eigenvalue weighted by Crippen LogP contribution is -2.22. The van der Waals surface area contributed by atoms with E-state index in [-0.39, 0.29) is 6.10 Å². The molecule has 29 heavy (non-hydrogen) atoms. The van der Waals surface area contributed by atoms with Gasteiger partial charge in [0.15, 0.2) is 5.69 Å². The van der Waals surface area contributed by atoms with Crippen molar-refractivity contribution in [2.24, 2.45) is 0 Å². The minimum Gasteiger partial charge on any atom is -0.497 e. The lowest BCUT2D eigenvalue weighted by molar-refractivity contribution is -0.00114. The number of nitrogens with zero attached hydrogens (tertiary/aromatic N) is 5. The van der Waals surface area contributed by atoms with Gasteiger partial charge >= 0.3 is 0 Å². The largest absolute Gasteiger partial charge is 0.497 e. The number of benzene rings is 2. The predicted octanol–water partition coefficient (Wildman–Crippen LogP) is 3.58. The smallest absolute Gasteiger partial charge is 0.258 e. The second kappa shape index (κ2) is 7.14. The van der Waals surface area contributed by atoms with Gasteiger partial charge < -0.3 is 14.0 Å². The topological polar surface area (TPSA) is 88.1 Å². The van der Waals surface area contributed by atoms with Crippen LogP contribution in [0.5, 0.6) is 5.75 Å². The molecule has 146 valence electrons. The van der Waals surface area contributed by atoms with Gasteiger partial charge in [-0.15, -0.1) is 5.10 Å². The van der Waals surface area contributed by atoms with Crippen LogP contribution in [-0.4, -0.2) is 32.2 Å². The van der Waals surface area contributed by atoms with Gasteiger partial charge in [0.25, 0.3) is 5.89 Å². The summed E-state index contributed by atoms with van der Waals surface area (Å²) in [5.41, 5.74) is 4.52. The Kier molecular flexibility index (Phi) is 4.33. The Balaban J connectivity index is 1.38. The molecule has 3 heterocycles. The zero-order chi connectivity index (χ0) is 19.8. The summed E-state index contributed by atoms with van der Waals surface area (Å²) in [4.78, 5) is 4.49. The van der Waals surface area contributed by atoms with Crippen LogP contribution in [0.4, 0.5) is 0 Å². The van der Waals surface area contributed by atoms with Crippen LogP contribution in [0.1, 0.15) is 22.9 Å². The van der Waals surface area contributed by atoms with Crippen LogP contribution in [0, 0.1) is 6.92 Å². The van der Waals surface area contributed by atoms with Crippen LogP contribution < -0.4 is 4.74 Å². The van der Waals surface area contributed by atoms with E-state index >= 15 is 0 Å². The van der Waals surface area contributed by atoms with Gasteiger partial charge in [-0.2, -0.15) is 4.98 Å². The Hall–Kier alpha value is -3.52. The molecule has 0 N–H and O–H groups in total. The molecule has 0 radical (unpaired) electrons. The number of methoxy groups -OCH3 is 1. The molecule has 0 amide bonds. The fourth-order valence-electron chi connectivity index (χ4n) is 3.34. The summed E-state index contributed by atoms with van der Waals surface area (Å²) in [7, 11) is 1.65. The number of aromatic nitrogens is 5. The minimum absolute atomic E-state index is 0.101. The van der Waals surface area contributed by atoms with Crippen LogP contribution in [0.25, 0.3) is 23.0 Å². The van der Waals surface area contributed by atoms with Crippen molar-refractivity contribution in [1.82, 2.24) is 25.1 Å². The maximum absolute atomic E-state index is 6.06. The van der Waals surface area contributed by atoms with Crippen molar-refractivity contribution in [2.45, 2.75) is 26.2 Å². The molecular weight excluding hydrogens is 370 g/mol. The Morgan fingerprint density at radius 2 is 1.86 bits per heavy atom. The standard InChI is InChI=1S/C21H19N5O3/c1-13-3-5-15(6-4-13)21-22-20(24-29-21)19-17-12-28-18(11-26(17)25-23-19)14-7-9-16(27-2)10-8-14/h3-10,18H,11-12H2,1-2H3/t18-/m1/s1. The molecule has 0 aliphatic carbocycles. The van der Waals surface area contributed by atoms with E-state index in [0.717, 1.165) is 22.6 Å². The second-order valence-corrected chi connectivity index (χ2v) is 6.93. The summed E-state index contributed by atoms with van der Waals surface area (Å²) in [5.74, 6) is 1.68. The van der Waals surface area contributed by atoms with Crippen LogP contribution in [0.2, 0.25) is 0 Å². The molecule has 1 aliphatic rings. The first-order chi connectivity index (χ1) is 14.2. The van der Waals surface area contributed by atoms with E-state index in [4.69, 9.17) is 14.0 Å². The number of hydrogen-bond donors (Lipinski definition) is 0. The molecule has 5 rings (SSSR count). The Labute approximate surface area is 167 Å². The highest BCUT2D eigenvalue weighted by Gasteiger charge is 2.27. The van der Waals surface area contributed by atoms with E-state index in [9.17, 15) is 0 Å². The molecule has 0 saturated carbocycles. The molecule has 0 bridgehead atoms. The zero-order valence-corrected chi connectivity index (χ0v) is 16.1. The molecule has 8 heteroatoms. The van der Waals surface area contributed by atoms with Crippen molar-refractivity contribution < 1.29 is 14.0 Å². The summed E-state index contributed by atoms with van der Waals surface area (Å²) < 4.78 is 18.5. The molecule has 1 atom stereocenters. The molecule has 1 aliphatic heterocycles. The van der Waals surface area contributed by atoms with Gasteiger partial charge in [-0.25, -0.2) is 4.68 Å². The SMILES string of the molecule is COc1ccc([C@H]2Cn3nnc(-c4noc(-c5ccc(C)cc5)n4)c3CO2)cc1. The summed E-state index contributed by atoms with van der Waals surface area (Å²) in [6, 6.07) is 15.8. The van der Waals surface area contributed by atoms with Crippen molar-refractivity contribution in [3.8, 4) is 28.7 Å². The molecule has 4 aromatic rings. The molecule has 8 nitrogen and oxygen atoms in total. The number of aryl methyl sites for hydroxylation is 1. The number of rotatable bonds is 4. The molecule has 2 aromatic carbocycles. The van der Waals surface area contributed by atoms with Gasteiger partial charge in [-0.3, -0.25) is 0 Å². The van der Waals surface area contributed by atoms with Gasteiger partial charge in [0.1, 0.15) is 11.9 Å². The van der Waals surface area contributed by atoms with Crippen molar-refractivity contribution >= 4 is 0 Å². The third kappa shape index (κ3) is 3.27. The maximum Gasteiger partial charge on any atom is 0.258 e. The van der Waals surface area contributed by atoms with Crippen LogP contribution in [0.15, 0.2) is 53.1 Å². The first-order valence-electron chi connectivity index (χ1n) is 9.30. The quantitative estimate of drug-likeness (QED) is 0.527. The highest BCUT2D eigenvalue weighted by Crippen LogP contribution is 2.31. The number of ether oxygens (including phenoxy) is 2. The fraction of sp³-hybridized carbons (Fsp3) is 0.238. The average Bonchev–Trinajstić information content (AvgIpc) is 3.41. The first-order valence-corrected chi connectivity index (χ1v) is 9.30. The highest BCUT2D eigenvalue weighted by molar-refractivity contribution is 5.58. The summed E-state index contributed by atoms with van der Waals surface area (Å²) in [6.07, 6.45) is -0.101. The van der Waals surface area contributed by atoms with Crippen LogP contribution in [-0.2, 0) is 17.9 Å². The van der Waals surface area contributed by atoms with Crippen LogP contribution in [0.3, 0.4) is 0 Å². The van der Waals surface area contributed by atoms with Gasteiger partial charge in [0.05, 0.1) is 26.0 Å². The lowest BCUT2D eigenvalue weighted by atomic mass is 10.1. The van der Waals surface area contributed by atoms with Gasteiger partial charge in [-0.05, 0) is 36.8 Å². The minimum atomic E-state index is -0.101. The van der Waals surface area contributed by atoms with Crippen molar-refractivity contribution in [3.63, 3.8) is 0 Å². The molecule has 2 aromatic heterocycles.